The molecule has 214 valence electrons. The van der Waals surface area contributed by atoms with E-state index in [1.807, 2.05) is 48.9 Å². The third-order valence-electron chi connectivity index (χ3n) is 7.31. The molecule has 10 heteroatoms. The average Bonchev–Trinajstić information content (AvgIpc) is 3.68. The van der Waals surface area contributed by atoms with Gasteiger partial charge in [-0.15, -0.1) is 0 Å². The van der Waals surface area contributed by atoms with E-state index in [-0.39, 0.29) is 23.9 Å². The van der Waals surface area contributed by atoms with E-state index >= 15 is 0 Å². The number of hydrogen-bond donors (Lipinski definition) is 4. The topological polar surface area (TPSA) is 121 Å². The van der Waals surface area contributed by atoms with E-state index in [9.17, 15) is 19.1 Å². The standard InChI is InChI=1S/C31H33FN4O5/c1-17(2)27-28(30(31(38)39)35-29(27)23-13-18(32)14-24-20(23)5-8-33-24)22-15-19(41-4)16-25-21(22)6-10-36(25)11-9-34-26(37)7-12-40-3/h5-6,8,10,13-17,33,35H,7,9,11-12H2,1-4H3,(H,34,37)(H,38,39). The number of H-pyrrole nitrogens is 2. The van der Waals surface area contributed by atoms with Crippen molar-refractivity contribution in [3.05, 3.63) is 65.9 Å². The number of halogens is 1. The number of aromatic carboxylic acids is 1. The zero-order valence-electron chi connectivity index (χ0n) is 23.4. The van der Waals surface area contributed by atoms with Crippen molar-refractivity contribution in [3.8, 4) is 28.1 Å². The van der Waals surface area contributed by atoms with Gasteiger partial charge in [0.15, 0.2) is 0 Å². The summed E-state index contributed by atoms with van der Waals surface area (Å²) >= 11 is 0. The molecule has 3 heterocycles. The van der Waals surface area contributed by atoms with Gasteiger partial charge in [0.2, 0.25) is 5.91 Å². The van der Waals surface area contributed by atoms with Crippen LogP contribution in [0.15, 0.2) is 48.8 Å². The lowest BCUT2D eigenvalue weighted by Gasteiger charge is -2.15. The van der Waals surface area contributed by atoms with Crippen LogP contribution in [0.3, 0.4) is 0 Å². The maximum Gasteiger partial charge on any atom is 0.352 e. The minimum absolute atomic E-state index is 0.0179. The maximum atomic E-state index is 14.7. The van der Waals surface area contributed by atoms with Gasteiger partial charge >= 0.3 is 5.97 Å². The van der Waals surface area contributed by atoms with Gasteiger partial charge in [0.25, 0.3) is 0 Å². The Kier molecular flexibility index (Phi) is 7.85. The van der Waals surface area contributed by atoms with Crippen molar-refractivity contribution < 1.29 is 28.6 Å². The Balaban J connectivity index is 1.68. The first-order valence-corrected chi connectivity index (χ1v) is 13.4. The molecular weight excluding hydrogens is 527 g/mol. The predicted molar refractivity (Wildman–Crippen MR) is 156 cm³/mol. The fourth-order valence-electron chi connectivity index (χ4n) is 5.47. The molecule has 0 saturated carbocycles. The van der Waals surface area contributed by atoms with Crippen LogP contribution in [0, 0.1) is 5.82 Å². The second kappa shape index (κ2) is 11.5. The molecule has 9 nitrogen and oxygen atoms in total. The van der Waals surface area contributed by atoms with Crippen LogP contribution in [0.25, 0.3) is 44.2 Å². The van der Waals surface area contributed by atoms with Crippen molar-refractivity contribution in [2.75, 3.05) is 27.4 Å². The number of ether oxygens (including phenoxy) is 2. The molecule has 1 amide bonds. The van der Waals surface area contributed by atoms with Gasteiger partial charge in [-0.2, -0.15) is 0 Å². The van der Waals surface area contributed by atoms with Crippen LogP contribution in [0.1, 0.15) is 42.2 Å². The molecule has 0 saturated heterocycles. The third-order valence-corrected chi connectivity index (χ3v) is 7.31. The van der Waals surface area contributed by atoms with Crippen LogP contribution in [0.5, 0.6) is 5.75 Å². The van der Waals surface area contributed by atoms with Crippen LogP contribution in [0.2, 0.25) is 0 Å². The molecule has 0 radical (unpaired) electrons. The number of fused-ring (bicyclic) bond motifs is 2. The molecule has 0 aliphatic rings. The number of aromatic nitrogens is 3. The Bertz CT molecular complexity index is 1750. The highest BCUT2D eigenvalue weighted by atomic mass is 19.1. The first-order valence-electron chi connectivity index (χ1n) is 13.4. The predicted octanol–water partition coefficient (Wildman–Crippen LogP) is 5.91. The molecule has 0 bridgehead atoms. The summed E-state index contributed by atoms with van der Waals surface area (Å²) < 4.78 is 27.3. The Morgan fingerprint density at radius 3 is 2.61 bits per heavy atom. The summed E-state index contributed by atoms with van der Waals surface area (Å²) in [7, 11) is 3.12. The lowest BCUT2D eigenvalue weighted by atomic mass is 9.89. The van der Waals surface area contributed by atoms with Crippen LogP contribution in [-0.2, 0) is 16.1 Å². The molecule has 0 spiro atoms. The number of nitrogens with one attached hydrogen (secondary N) is 3. The number of hydrogen-bond acceptors (Lipinski definition) is 4. The number of carboxylic acids is 1. The summed E-state index contributed by atoms with van der Waals surface area (Å²) in [5, 5.41) is 14.9. The Morgan fingerprint density at radius 1 is 1.10 bits per heavy atom. The molecule has 2 aromatic carbocycles. The molecule has 0 unspecified atom stereocenters. The van der Waals surface area contributed by atoms with E-state index in [0.717, 1.165) is 21.9 Å². The summed E-state index contributed by atoms with van der Waals surface area (Å²) in [5.41, 5.74) is 4.60. The smallest absolute Gasteiger partial charge is 0.352 e. The number of carbonyl (C=O) groups is 2. The zero-order chi connectivity index (χ0) is 29.3. The fraction of sp³-hybridized carbons (Fsp3) is 0.290. The van der Waals surface area contributed by atoms with E-state index in [1.54, 1.807) is 20.4 Å². The largest absolute Gasteiger partial charge is 0.497 e. The summed E-state index contributed by atoms with van der Waals surface area (Å²) in [6.45, 7) is 5.25. The lowest BCUT2D eigenvalue weighted by Crippen LogP contribution is -2.27. The minimum Gasteiger partial charge on any atom is -0.497 e. The second-order valence-electron chi connectivity index (χ2n) is 10.2. The molecule has 4 N–H and O–H groups in total. The van der Waals surface area contributed by atoms with Crippen LogP contribution < -0.4 is 10.1 Å². The average molecular weight is 561 g/mol. The third kappa shape index (κ3) is 5.30. The van der Waals surface area contributed by atoms with Crippen LogP contribution >= 0.6 is 0 Å². The van der Waals surface area contributed by atoms with Gasteiger partial charge in [0.05, 0.1) is 24.9 Å². The highest BCUT2D eigenvalue weighted by Gasteiger charge is 2.28. The Morgan fingerprint density at radius 2 is 1.90 bits per heavy atom. The highest BCUT2D eigenvalue weighted by molar-refractivity contribution is 6.07. The fourth-order valence-corrected chi connectivity index (χ4v) is 5.47. The van der Waals surface area contributed by atoms with Crippen LogP contribution in [-0.4, -0.2) is 58.9 Å². The van der Waals surface area contributed by atoms with Crippen molar-refractivity contribution in [3.63, 3.8) is 0 Å². The molecule has 0 aliphatic heterocycles. The first kappa shape index (κ1) is 28.0. The number of benzene rings is 2. The van der Waals surface area contributed by atoms with Crippen molar-refractivity contribution in [1.82, 2.24) is 19.9 Å². The lowest BCUT2D eigenvalue weighted by molar-refractivity contribution is -0.121. The molecule has 41 heavy (non-hydrogen) atoms. The van der Waals surface area contributed by atoms with E-state index in [1.165, 1.54) is 12.1 Å². The Labute approximate surface area is 236 Å². The van der Waals surface area contributed by atoms with Crippen molar-refractivity contribution in [2.24, 2.45) is 0 Å². The molecule has 5 aromatic rings. The molecular formula is C31H33FN4O5. The minimum atomic E-state index is -1.12. The van der Waals surface area contributed by atoms with Crippen molar-refractivity contribution in [2.45, 2.75) is 32.7 Å². The van der Waals surface area contributed by atoms with Crippen LogP contribution in [0.4, 0.5) is 4.39 Å². The van der Waals surface area contributed by atoms with Gasteiger partial charge in [-0.05, 0) is 47.4 Å². The number of aromatic amines is 2. The quantitative estimate of drug-likeness (QED) is 0.160. The summed E-state index contributed by atoms with van der Waals surface area (Å²) in [6.07, 6.45) is 3.93. The number of amides is 1. The number of methoxy groups -OCH3 is 2. The highest BCUT2D eigenvalue weighted by Crippen LogP contribution is 2.45. The molecule has 0 atom stereocenters. The summed E-state index contributed by atoms with van der Waals surface area (Å²) in [4.78, 5) is 30.9. The number of carboxylic acid groups (broad SMARTS) is 1. The van der Waals surface area contributed by atoms with Crippen molar-refractivity contribution >= 4 is 33.7 Å². The van der Waals surface area contributed by atoms with E-state index < -0.39 is 11.8 Å². The van der Waals surface area contributed by atoms with E-state index in [2.05, 4.69) is 15.3 Å². The molecule has 5 rings (SSSR count). The Hall–Kier alpha value is -4.57. The van der Waals surface area contributed by atoms with E-state index in [0.29, 0.717) is 53.3 Å². The summed E-state index contributed by atoms with van der Waals surface area (Å²) in [5.74, 6) is -1.18. The monoisotopic (exact) mass is 560 g/mol. The maximum absolute atomic E-state index is 14.7. The number of rotatable bonds is 11. The van der Waals surface area contributed by atoms with E-state index in [4.69, 9.17) is 9.47 Å². The first-order chi connectivity index (χ1) is 19.7. The SMILES string of the molecule is COCCC(=O)NCCn1ccc2c(-c3c(C(=O)O)[nH]c(-c4cc(F)cc5[nH]ccc45)c3C(C)C)cc(OC)cc21. The van der Waals surface area contributed by atoms with Gasteiger partial charge in [0.1, 0.15) is 17.3 Å². The van der Waals surface area contributed by atoms with Gasteiger partial charge < -0.3 is 34.4 Å². The normalized spacial score (nSPS) is 11.6. The molecule has 0 aliphatic carbocycles. The van der Waals surface area contributed by atoms with Gasteiger partial charge in [-0.25, -0.2) is 9.18 Å². The second-order valence-corrected chi connectivity index (χ2v) is 10.2. The number of carbonyl (C=O) groups excluding carboxylic acids is 1. The van der Waals surface area contributed by atoms with Gasteiger partial charge in [0, 0.05) is 72.5 Å². The van der Waals surface area contributed by atoms with Gasteiger partial charge in [-0.3, -0.25) is 4.79 Å². The molecule has 0 fully saturated rings. The zero-order valence-corrected chi connectivity index (χ0v) is 23.4. The van der Waals surface area contributed by atoms with Crippen molar-refractivity contribution in [1.29, 1.82) is 0 Å². The van der Waals surface area contributed by atoms with Gasteiger partial charge in [-0.1, -0.05) is 13.8 Å². The number of nitrogens with zero attached hydrogens (tertiary/aromatic N) is 1. The molecule has 3 aromatic heterocycles. The summed E-state index contributed by atoms with van der Waals surface area (Å²) in [6, 6.07) is 10.4.